The topological polar surface area (TPSA) is 259 Å². The lowest BCUT2D eigenvalue weighted by atomic mass is 10.0. The monoisotopic (exact) mass is 884 g/mol. The summed E-state index contributed by atoms with van der Waals surface area (Å²) in [5.74, 6) is -2.53. The van der Waals surface area contributed by atoms with Crippen LogP contribution >= 0.6 is 23.2 Å². The molecule has 4 atom stereocenters. The largest absolute Gasteiger partial charge is 0.445 e. The van der Waals surface area contributed by atoms with Crippen LogP contribution in [0.15, 0.2) is 78.9 Å². The highest BCUT2D eigenvalue weighted by Gasteiger charge is 2.30. The molecule has 3 aromatic carbocycles. The van der Waals surface area contributed by atoms with Crippen molar-refractivity contribution < 1.29 is 38.2 Å². The quantitative estimate of drug-likeness (QED) is 0.0508. The first-order valence-corrected chi connectivity index (χ1v) is 21.1. The van der Waals surface area contributed by atoms with Gasteiger partial charge in [-0.1, -0.05) is 89.9 Å². The standard InChI is InChI=1S/C43H58Cl2N8O8/c44-32-18-6-4-16-30(32)27-60-42(58)52-34(20-8-11-23-46)39(55)49-25-13-10-22-35(40(56)51-37(38(48)54)26-29-14-2-1-3-15-29)50-41(57)36(21-9-12-24-47)53-43(59)61-28-31-17-5-7-19-33(31)45/h1-7,14-19,34-37H,8-13,20-28,46-47H2,(H2,48,54)(H,49,55)(H,50,57)(H,51,56)(H,52,58)(H,53,59)/t34-,35-,36-,37-/m0/s1. The zero-order valence-corrected chi connectivity index (χ0v) is 35.7. The lowest BCUT2D eigenvalue weighted by molar-refractivity contribution is -0.132. The van der Waals surface area contributed by atoms with Crippen LogP contribution in [0.3, 0.4) is 0 Å². The molecule has 18 heteroatoms. The van der Waals surface area contributed by atoms with Crippen LogP contribution in [0.1, 0.15) is 74.5 Å². The van der Waals surface area contributed by atoms with Gasteiger partial charge in [0, 0.05) is 34.1 Å². The zero-order valence-electron chi connectivity index (χ0n) is 34.2. The zero-order chi connectivity index (χ0) is 44.4. The molecule has 3 aromatic rings. The number of halogens is 2. The fourth-order valence-corrected chi connectivity index (χ4v) is 6.48. The van der Waals surface area contributed by atoms with Crippen LogP contribution in [0.4, 0.5) is 9.59 Å². The Morgan fingerprint density at radius 1 is 0.525 bits per heavy atom. The van der Waals surface area contributed by atoms with Crippen molar-refractivity contribution in [3.05, 3.63) is 106 Å². The van der Waals surface area contributed by atoms with Crippen LogP contribution in [-0.2, 0) is 48.3 Å². The van der Waals surface area contributed by atoms with E-state index in [1.54, 1.807) is 72.8 Å². The fraction of sp³-hybridized carbons (Fsp3) is 0.442. The summed E-state index contributed by atoms with van der Waals surface area (Å²) < 4.78 is 10.7. The Morgan fingerprint density at radius 3 is 1.43 bits per heavy atom. The third kappa shape index (κ3) is 19.2. The Morgan fingerprint density at radius 2 is 0.951 bits per heavy atom. The first-order valence-electron chi connectivity index (χ1n) is 20.4. The summed E-state index contributed by atoms with van der Waals surface area (Å²) in [5, 5.41) is 14.3. The minimum absolute atomic E-state index is 0.0848. The number of amides is 6. The molecule has 0 bridgehead atoms. The summed E-state index contributed by atoms with van der Waals surface area (Å²) >= 11 is 12.4. The van der Waals surface area contributed by atoms with Gasteiger partial charge in [0.15, 0.2) is 0 Å². The van der Waals surface area contributed by atoms with E-state index in [4.69, 9.17) is 49.9 Å². The van der Waals surface area contributed by atoms with Gasteiger partial charge >= 0.3 is 12.2 Å². The highest BCUT2D eigenvalue weighted by Crippen LogP contribution is 2.17. The van der Waals surface area contributed by atoms with Crippen molar-refractivity contribution in [1.82, 2.24) is 26.6 Å². The lowest BCUT2D eigenvalue weighted by Gasteiger charge is -2.25. The molecule has 16 nitrogen and oxygen atoms in total. The van der Waals surface area contributed by atoms with E-state index in [1.165, 1.54) is 0 Å². The number of carbonyl (C=O) groups is 6. The molecule has 332 valence electrons. The Bertz CT molecular complexity index is 1860. The molecule has 0 unspecified atom stereocenters. The second-order valence-corrected chi connectivity index (χ2v) is 15.1. The van der Waals surface area contributed by atoms with E-state index in [1.807, 2.05) is 6.07 Å². The van der Waals surface area contributed by atoms with Crippen LogP contribution in [0.5, 0.6) is 0 Å². The Labute approximate surface area is 366 Å². The Balaban J connectivity index is 1.67. The molecule has 0 aliphatic heterocycles. The van der Waals surface area contributed by atoms with Crippen molar-refractivity contribution >= 4 is 59.0 Å². The number of alkyl carbamates (subject to hydrolysis) is 2. The first-order chi connectivity index (χ1) is 29.4. The SMILES string of the molecule is NCCCC[C@H](NC(=O)OCc1ccccc1Cl)C(=O)NCCCC[C@H](NC(=O)[C@H](CCCCN)NC(=O)OCc1ccccc1Cl)C(=O)N[C@@H](Cc1ccccc1)C(N)=O. The third-order valence-corrected chi connectivity index (χ3v) is 10.3. The van der Waals surface area contributed by atoms with Gasteiger partial charge in [0.25, 0.3) is 0 Å². The van der Waals surface area contributed by atoms with Crippen LogP contribution in [-0.4, -0.2) is 79.6 Å². The van der Waals surface area contributed by atoms with Gasteiger partial charge in [0.05, 0.1) is 0 Å². The van der Waals surface area contributed by atoms with Crippen LogP contribution in [0, 0.1) is 0 Å². The van der Waals surface area contributed by atoms with E-state index in [0.717, 1.165) is 5.56 Å². The smallest absolute Gasteiger partial charge is 0.408 e. The molecule has 0 heterocycles. The summed E-state index contributed by atoms with van der Waals surface area (Å²) in [6.45, 7) is 0.725. The number of carbonyl (C=O) groups excluding carboxylic acids is 6. The average Bonchev–Trinajstić information content (AvgIpc) is 3.24. The van der Waals surface area contributed by atoms with Gasteiger partial charge in [-0.05, 0) is 88.6 Å². The van der Waals surface area contributed by atoms with Crippen molar-refractivity contribution in [3.8, 4) is 0 Å². The number of hydrogen-bond acceptors (Lipinski definition) is 10. The number of unbranched alkanes of at least 4 members (excludes halogenated alkanes) is 3. The first kappa shape index (κ1) is 49.9. The predicted octanol–water partition coefficient (Wildman–Crippen LogP) is 4.13. The van der Waals surface area contributed by atoms with E-state index >= 15 is 0 Å². The molecule has 0 aliphatic rings. The van der Waals surface area contributed by atoms with Crippen molar-refractivity contribution in [1.29, 1.82) is 0 Å². The average molecular weight is 886 g/mol. The molecule has 0 saturated heterocycles. The van der Waals surface area contributed by atoms with Crippen molar-refractivity contribution in [2.45, 2.75) is 102 Å². The normalized spacial score (nSPS) is 12.8. The van der Waals surface area contributed by atoms with Gasteiger partial charge in [0.2, 0.25) is 23.6 Å². The number of rotatable bonds is 27. The molecule has 11 N–H and O–H groups in total. The minimum atomic E-state index is -1.17. The summed E-state index contributed by atoms with van der Waals surface area (Å²) in [7, 11) is 0. The van der Waals surface area contributed by atoms with E-state index in [9.17, 15) is 28.8 Å². The molecule has 3 rings (SSSR count). The molecule has 0 fully saturated rings. The molecule has 0 aromatic heterocycles. The second-order valence-electron chi connectivity index (χ2n) is 14.3. The summed E-state index contributed by atoms with van der Waals surface area (Å²) in [5.41, 5.74) is 19.0. The van der Waals surface area contributed by atoms with E-state index in [-0.39, 0.29) is 39.0 Å². The van der Waals surface area contributed by atoms with Crippen molar-refractivity contribution in [2.75, 3.05) is 19.6 Å². The molecule has 6 amide bonds. The molecule has 0 saturated carbocycles. The fourth-order valence-electron chi connectivity index (χ4n) is 6.10. The number of ether oxygens (including phenoxy) is 2. The highest BCUT2D eigenvalue weighted by atomic mass is 35.5. The molecule has 0 radical (unpaired) electrons. The van der Waals surface area contributed by atoms with Crippen molar-refractivity contribution in [2.24, 2.45) is 17.2 Å². The van der Waals surface area contributed by atoms with E-state index in [2.05, 4.69) is 26.6 Å². The van der Waals surface area contributed by atoms with Gasteiger partial charge in [-0.2, -0.15) is 0 Å². The molecule has 61 heavy (non-hydrogen) atoms. The van der Waals surface area contributed by atoms with Gasteiger partial charge in [-0.25, -0.2) is 9.59 Å². The Kier molecular flexibility index (Phi) is 23.1. The minimum Gasteiger partial charge on any atom is -0.445 e. The van der Waals surface area contributed by atoms with Crippen LogP contribution in [0.2, 0.25) is 10.0 Å². The molecule has 0 aliphatic carbocycles. The van der Waals surface area contributed by atoms with Gasteiger partial charge < -0.3 is 53.3 Å². The maximum absolute atomic E-state index is 13.8. The Hall–Kier alpha value is -5.42. The molecular formula is C43H58Cl2N8O8. The van der Waals surface area contributed by atoms with Crippen LogP contribution < -0.4 is 43.8 Å². The number of benzene rings is 3. The maximum Gasteiger partial charge on any atom is 0.408 e. The highest BCUT2D eigenvalue weighted by molar-refractivity contribution is 6.31. The lowest BCUT2D eigenvalue weighted by Crippen LogP contribution is -2.56. The predicted molar refractivity (Wildman–Crippen MR) is 233 cm³/mol. The maximum atomic E-state index is 13.8. The summed E-state index contributed by atoms with van der Waals surface area (Å²) in [6, 6.07) is 18.5. The van der Waals surface area contributed by atoms with E-state index < -0.39 is 60.0 Å². The van der Waals surface area contributed by atoms with Crippen LogP contribution in [0.25, 0.3) is 0 Å². The second kappa shape index (κ2) is 28.2. The number of nitrogens with two attached hydrogens (primary N) is 3. The molecule has 0 spiro atoms. The van der Waals surface area contributed by atoms with E-state index in [0.29, 0.717) is 79.2 Å². The van der Waals surface area contributed by atoms with Gasteiger partial charge in [-0.3, -0.25) is 19.2 Å². The van der Waals surface area contributed by atoms with Gasteiger partial charge in [0.1, 0.15) is 37.4 Å². The number of nitrogens with one attached hydrogen (secondary N) is 5. The van der Waals surface area contributed by atoms with Gasteiger partial charge in [-0.15, -0.1) is 0 Å². The third-order valence-electron chi connectivity index (χ3n) is 9.54. The number of hydrogen-bond donors (Lipinski definition) is 8. The summed E-state index contributed by atoms with van der Waals surface area (Å²) in [4.78, 5) is 78.9. The number of primary amides is 1. The summed E-state index contributed by atoms with van der Waals surface area (Å²) in [6.07, 6.45) is 2.02. The molecular weight excluding hydrogens is 827 g/mol. The van der Waals surface area contributed by atoms with Crippen molar-refractivity contribution in [3.63, 3.8) is 0 Å².